The van der Waals surface area contributed by atoms with Gasteiger partial charge in [-0.3, -0.25) is 4.79 Å². The third-order valence-corrected chi connectivity index (χ3v) is 4.83. The van der Waals surface area contributed by atoms with Gasteiger partial charge in [0.25, 0.3) is 5.91 Å². The second kappa shape index (κ2) is 8.64. The summed E-state index contributed by atoms with van der Waals surface area (Å²) in [5.74, 6) is -0.741. The minimum Gasteiger partial charge on any atom is -0.451 e. The van der Waals surface area contributed by atoms with Crippen LogP contribution in [0.4, 0.5) is 0 Å². The molecule has 24 heavy (non-hydrogen) atoms. The number of carbonyl (C=O) groups excluding carboxylic acids is 2. The highest BCUT2D eigenvalue weighted by Crippen LogP contribution is 2.23. The zero-order valence-electron chi connectivity index (χ0n) is 14.3. The summed E-state index contributed by atoms with van der Waals surface area (Å²) >= 11 is 1.42. The maximum Gasteiger partial charge on any atom is 0.348 e. The maximum absolute atomic E-state index is 12.1. The van der Waals surface area contributed by atoms with Gasteiger partial charge in [0.05, 0.1) is 6.04 Å². The van der Waals surface area contributed by atoms with Crippen molar-refractivity contribution in [3.63, 3.8) is 0 Å². The predicted molar refractivity (Wildman–Crippen MR) is 96.3 cm³/mol. The number of amides is 1. The molecule has 0 aliphatic rings. The van der Waals surface area contributed by atoms with Crippen LogP contribution in [0.2, 0.25) is 0 Å². The van der Waals surface area contributed by atoms with Crippen molar-refractivity contribution >= 4 is 23.2 Å². The predicted octanol–water partition coefficient (Wildman–Crippen LogP) is 4.04. The lowest BCUT2D eigenvalue weighted by atomic mass is 10.1. The largest absolute Gasteiger partial charge is 0.451 e. The molecule has 0 unspecified atom stereocenters. The SMILES string of the molecule is CCCc1cc(C(=O)OCC(=O)N[C@H](C)c2ccccc2)sc1C. The maximum atomic E-state index is 12.1. The molecule has 0 saturated carbocycles. The lowest BCUT2D eigenvalue weighted by molar-refractivity contribution is -0.124. The molecule has 0 aliphatic heterocycles. The second-order valence-electron chi connectivity index (χ2n) is 5.72. The molecule has 0 bridgehead atoms. The third kappa shape index (κ3) is 4.93. The molecule has 128 valence electrons. The van der Waals surface area contributed by atoms with Gasteiger partial charge in [-0.2, -0.15) is 0 Å². The van der Waals surface area contributed by atoms with Gasteiger partial charge in [0.1, 0.15) is 4.88 Å². The van der Waals surface area contributed by atoms with Gasteiger partial charge in [-0.1, -0.05) is 43.7 Å². The summed E-state index contributed by atoms with van der Waals surface area (Å²) in [6.07, 6.45) is 1.98. The molecule has 1 aromatic carbocycles. The number of rotatable bonds is 7. The molecule has 0 saturated heterocycles. The van der Waals surface area contributed by atoms with Crippen LogP contribution in [0.3, 0.4) is 0 Å². The minimum absolute atomic E-state index is 0.127. The highest BCUT2D eigenvalue weighted by atomic mass is 32.1. The van der Waals surface area contributed by atoms with Gasteiger partial charge in [0, 0.05) is 4.88 Å². The van der Waals surface area contributed by atoms with Crippen molar-refractivity contribution in [1.82, 2.24) is 5.32 Å². The molecule has 1 aromatic heterocycles. The molecule has 0 aliphatic carbocycles. The first-order chi connectivity index (χ1) is 11.5. The summed E-state index contributed by atoms with van der Waals surface area (Å²) in [5.41, 5.74) is 2.19. The molecule has 0 spiro atoms. The number of carbonyl (C=O) groups is 2. The van der Waals surface area contributed by atoms with E-state index in [-0.39, 0.29) is 18.6 Å². The minimum atomic E-state index is -0.437. The first-order valence-corrected chi connectivity index (χ1v) is 8.93. The summed E-state index contributed by atoms with van der Waals surface area (Å²) < 4.78 is 5.13. The van der Waals surface area contributed by atoms with Crippen molar-refractivity contribution in [2.45, 2.75) is 39.7 Å². The van der Waals surface area contributed by atoms with Gasteiger partial charge < -0.3 is 10.1 Å². The van der Waals surface area contributed by atoms with Crippen molar-refractivity contribution < 1.29 is 14.3 Å². The molecule has 0 fully saturated rings. The summed E-state index contributed by atoms with van der Waals surface area (Å²) in [4.78, 5) is 25.7. The standard InChI is InChI=1S/C19H23NO3S/c1-4-8-16-11-17(24-14(16)3)19(22)23-12-18(21)20-13(2)15-9-6-5-7-10-15/h5-7,9-11,13H,4,8,12H2,1-3H3,(H,20,21)/t13-/m1/s1. The van der Waals surface area contributed by atoms with Crippen LogP contribution < -0.4 is 5.32 Å². The Labute approximate surface area is 146 Å². The Hall–Kier alpha value is -2.14. The van der Waals surface area contributed by atoms with E-state index in [9.17, 15) is 9.59 Å². The van der Waals surface area contributed by atoms with E-state index in [2.05, 4.69) is 12.2 Å². The average Bonchev–Trinajstić information content (AvgIpc) is 2.95. The highest BCUT2D eigenvalue weighted by Gasteiger charge is 2.16. The summed E-state index contributed by atoms with van der Waals surface area (Å²) in [5, 5.41) is 2.83. The smallest absolute Gasteiger partial charge is 0.348 e. The third-order valence-electron chi connectivity index (χ3n) is 3.75. The van der Waals surface area contributed by atoms with Crippen LogP contribution in [-0.4, -0.2) is 18.5 Å². The van der Waals surface area contributed by atoms with Gasteiger partial charge in [0.15, 0.2) is 6.61 Å². The van der Waals surface area contributed by atoms with Crippen LogP contribution in [0.1, 0.15) is 52.0 Å². The molecule has 2 aromatic rings. The van der Waals surface area contributed by atoms with E-state index in [1.54, 1.807) is 0 Å². The van der Waals surface area contributed by atoms with Gasteiger partial charge in [-0.25, -0.2) is 4.79 Å². The van der Waals surface area contributed by atoms with E-state index in [0.29, 0.717) is 4.88 Å². The molecule has 2 rings (SSSR count). The van der Waals surface area contributed by atoms with Gasteiger partial charge >= 0.3 is 5.97 Å². The van der Waals surface area contributed by atoms with Crippen molar-refractivity contribution in [2.75, 3.05) is 6.61 Å². The number of ether oxygens (including phenoxy) is 1. The fourth-order valence-corrected chi connectivity index (χ4v) is 3.41. The first kappa shape index (κ1) is 18.2. The molecular weight excluding hydrogens is 322 g/mol. The van der Waals surface area contributed by atoms with E-state index >= 15 is 0 Å². The van der Waals surface area contributed by atoms with Crippen LogP contribution in [0.5, 0.6) is 0 Å². The van der Waals surface area contributed by atoms with Gasteiger partial charge in [-0.15, -0.1) is 11.3 Å². The Morgan fingerprint density at radius 3 is 2.62 bits per heavy atom. The topological polar surface area (TPSA) is 55.4 Å². The fourth-order valence-electron chi connectivity index (χ4n) is 2.45. The number of hydrogen-bond acceptors (Lipinski definition) is 4. The zero-order valence-corrected chi connectivity index (χ0v) is 15.1. The second-order valence-corrected chi connectivity index (χ2v) is 6.97. The van der Waals surface area contributed by atoms with Crippen molar-refractivity contribution in [2.24, 2.45) is 0 Å². The van der Waals surface area contributed by atoms with Crippen LogP contribution in [0.25, 0.3) is 0 Å². The van der Waals surface area contributed by atoms with Crippen LogP contribution in [-0.2, 0) is 16.0 Å². The van der Waals surface area contributed by atoms with Crippen LogP contribution in [0.15, 0.2) is 36.4 Å². The number of aryl methyl sites for hydroxylation is 2. The molecule has 1 heterocycles. The summed E-state index contributed by atoms with van der Waals surface area (Å²) in [6, 6.07) is 11.4. The number of thiophene rings is 1. The Balaban J connectivity index is 1.85. The first-order valence-electron chi connectivity index (χ1n) is 8.12. The number of hydrogen-bond donors (Lipinski definition) is 1. The van der Waals surface area contributed by atoms with Gasteiger partial charge in [0.2, 0.25) is 0 Å². The van der Waals surface area contributed by atoms with E-state index in [0.717, 1.165) is 23.3 Å². The average molecular weight is 345 g/mol. The molecule has 0 radical (unpaired) electrons. The molecule has 1 atom stereocenters. The summed E-state index contributed by atoms with van der Waals surface area (Å²) in [7, 11) is 0. The zero-order chi connectivity index (χ0) is 17.5. The number of benzene rings is 1. The monoisotopic (exact) mass is 345 g/mol. The van der Waals surface area contributed by atoms with Crippen molar-refractivity contribution in [3.8, 4) is 0 Å². The van der Waals surface area contributed by atoms with Crippen LogP contribution in [0, 0.1) is 6.92 Å². The molecule has 4 nitrogen and oxygen atoms in total. The Bertz CT molecular complexity index is 694. The van der Waals surface area contributed by atoms with Gasteiger partial charge in [-0.05, 0) is 37.5 Å². The van der Waals surface area contributed by atoms with E-state index in [4.69, 9.17) is 4.74 Å². The normalized spacial score (nSPS) is 11.8. The van der Waals surface area contributed by atoms with Crippen LogP contribution >= 0.6 is 11.3 Å². The lowest BCUT2D eigenvalue weighted by Gasteiger charge is -2.14. The Morgan fingerprint density at radius 1 is 1.25 bits per heavy atom. The van der Waals surface area contributed by atoms with E-state index in [1.165, 1.54) is 16.9 Å². The van der Waals surface area contributed by atoms with Crippen molar-refractivity contribution in [1.29, 1.82) is 0 Å². The summed E-state index contributed by atoms with van der Waals surface area (Å²) in [6.45, 7) is 5.73. The quantitative estimate of drug-likeness (QED) is 0.771. The molecule has 5 heteroatoms. The Kier molecular flexibility index (Phi) is 6.55. The highest BCUT2D eigenvalue weighted by molar-refractivity contribution is 7.14. The molecular formula is C19H23NO3S. The number of esters is 1. The molecule has 1 N–H and O–H groups in total. The van der Waals surface area contributed by atoms with E-state index < -0.39 is 5.97 Å². The molecule has 1 amide bonds. The fraction of sp³-hybridized carbons (Fsp3) is 0.368. The lowest BCUT2D eigenvalue weighted by Crippen LogP contribution is -2.31. The Morgan fingerprint density at radius 2 is 1.96 bits per heavy atom. The number of nitrogens with one attached hydrogen (secondary N) is 1. The van der Waals surface area contributed by atoms with E-state index in [1.807, 2.05) is 50.2 Å². The van der Waals surface area contributed by atoms with Crippen molar-refractivity contribution in [3.05, 3.63) is 57.3 Å².